The van der Waals surface area contributed by atoms with Gasteiger partial charge in [-0.15, -0.1) is 0 Å². The zero-order valence-electron chi connectivity index (χ0n) is 20.5. The van der Waals surface area contributed by atoms with E-state index in [1.807, 2.05) is 55.6 Å². The van der Waals surface area contributed by atoms with E-state index in [1.165, 1.54) is 0 Å². The molecular formula is C29H24Cl2IN3O3. The molecule has 194 valence electrons. The molecule has 2 N–H and O–H groups in total. The quantitative estimate of drug-likeness (QED) is 0.106. The predicted octanol–water partition coefficient (Wildman–Crippen LogP) is 7.32. The number of fused-ring (bicyclic) bond motifs is 1. The normalized spacial score (nSPS) is 11.3. The number of nitrogens with one attached hydrogen (secondary N) is 2. The molecule has 4 rings (SSSR count). The molecule has 1 aromatic heterocycles. The van der Waals surface area contributed by atoms with Crippen LogP contribution in [-0.4, -0.2) is 24.0 Å². The number of hydrogen-bond acceptors (Lipinski definition) is 4. The third kappa shape index (κ3) is 6.81. The Kier molecular flexibility index (Phi) is 9.56. The Morgan fingerprint density at radius 3 is 2.71 bits per heavy atom. The Bertz CT molecular complexity index is 1540. The molecule has 0 saturated heterocycles. The first-order valence-corrected chi connectivity index (χ1v) is 13.7. The third-order valence-electron chi connectivity index (χ3n) is 5.75. The van der Waals surface area contributed by atoms with Crippen molar-refractivity contribution < 1.29 is 14.3 Å². The highest BCUT2D eigenvalue weighted by molar-refractivity contribution is 14.1. The minimum Gasteiger partial charge on any atom is -0.490 e. The summed E-state index contributed by atoms with van der Waals surface area (Å²) >= 11 is 14.4. The number of aromatic nitrogens is 1. The zero-order chi connectivity index (χ0) is 27.1. The Labute approximate surface area is 244 Å². The van der Waals surface area contributed by atoms with E-state index in [1.54, 1.807) is 24.3 Å². The Morgan fingerprint density at radius 1 is 1.13 bits per heavy atom. The summed E-state index contributed by atoms with van der Waals surface area (Å²) in [6.45, 7) is 2.92. The highest BCUT2D eigenvalue weighted by atomic mass is 127. The average molecular weight is 660 g/mol. The highest BCUT2D eigenvalue weighted by Gasteiger charge is 2.15. The lowest BCUT2D eigenvalue weighted by Crippen LogP contribution is -2.26. The van der Waals surface area contributed by atoms with Crippen molar-refractivity contribution in [1.82, 2.24) is 10.3 Å². The van der Waals surface area contributed by atoms with Gasteiger partial charge in [0.1, 0.15) is 18.2 Å². The van der Waals surface area contributed by atoms with Gasteiger partial charge in [0.25, 0.3) is 5.91 Å². The molecule has 0 aliphatic carbocycles. The SMILES string of the molecule is CCOc1cc(/C=C(/C#N)C(=O)NCCc2c[nH]c3ccccc23)cc(I)c1OCc1ccc(Cl)cc1Cl. The van der Waals surface area contributed by atoms with Crippen LogP contribution >= 0.6 is 45.8 Å². The van der Waals surface area contributed by atoms with E-state index in [4.69, 9.17) is 32.7 Å². The van der Waals surface area contributed by atoms with Crippen LogP contribution in [0.2, 0.25) is 10.0 Å². The van der Waals surface area contributed by atoms with Gasteiger partial charge in [0.15, 0.2) is 11.5 Å². The minimum atomic E-state index is -0.432. The molecule has 4 aromatic rings. The van der Waals surface area contributed by atoms with Crippen molar-refractivity contribution in [2.75, 3.05) is 13.2 Å². The van der Waals surface area contributed by atoms with Gasteiger partial charge in [0, 0.05) is 39.3 Å². The lowest BCUT2D eigenvalue weighted by molar-refractivity contribution is -0.117. The van der Waals surface area contributed by atoms with Gasteiger partial charge in [-0.2, -0.15) is 5.26 Å². The van der Waals surface area contributed by atoms with Gasteiger partial charge < -0.3 is 19.8 Å². The van der Waals surface area contributed by atoms with Crippen molar-refractivity contribution >= 4 is 68.7 Å². The van der Waals surface area contributed by atoms with Gasteiger partial charge in [0.2, 0.25) is 0 Å². The number of carbonyl (C=O) groups is 1. The first kappa shape index (κ1) is 27.8. The van der Waals surface area contributed by atoms with Crippen LogP contribution in [-0.2, 0) is 17.8 Å². The summed E-state index contributed by atoms with van der Waals surface area (Å²) in [5, 5.41) is 14.7. The Hall–Kier alpha value is -3.19. The van der Waals surface area contributed by atoms with Crippen molar-refractivity contribution in [3.05, 3.63) is 96.7 Å². The fourth-order valence-corrected chi connectivity index (χ4v) is 5.17. The van der Waals surface area contributed by atoms with Gasteiger partial charge >= 0.3 is 0 Å². The standard InChI is InChI=1S/C29H24Cl2IN3O3/c1-2-37-27-13-18(12-25(32)28(27)38-17-20-7-8-22(30)14-24(20)31)11-21(15-33)29(36)34-10-9-19-16-35-26-6-4-3-5-23(19)26/h3-8,11-14,16,35H,2,9-10,17H2,1H3,(H,34,36)/b21-11-. The maximum atomic E-state index is 12.8. The molecular weight excluding hydrogens is 636 g/mol. The fourth-order valence-electron chi connectivity index (χ4n) is 3.92. The summed E-state index contributed by atoms with van der Waals surface area (Å²) in [4.78, 5) is 16.0. The van der Waals surface area contributed by atoms with E-state index in [2.05, 4.69) is 32.9 Å². The lowest BCUT2D eigenvalue weighted by Gasteiger charge is -2.15. The molecule has 0 spiro atoms. The number of aromatic amines is 1. The minimum absolute atomic E-state index is 0.00351. The van der Waals surface area contributed by atoms with Crippen LogP contribution in [0.25, 0.3) is 17.0 Å². The predicted molar refractivity (Wildman–Crippen MR) is 160 cm³/mol. The summed E-state index contributed by atoms with van der Waals surface area (Å²) in [5.74, 6) is 0.628. The topological polar surface area (TPSA) is 87.1 Å². The Morgan fingerprint density at radius 2 is 1.95 bits per heavy atom. The number of carbonyl (C=O) groups excluding carboxylic acids is 1. The number of ether oxygens (including phenoxy) is 2. The van der Waals surface area contributed by atoms with Crippen LogP contribution in [0, 0.1) is 14.9 Å². The largest absolute Gasteiger partial charge is 0.490 e. The molecule has 9 heteroatoms. The van der Waals surface area contributed by atoms with E-state index >= 15 is 0 Å². The number of halogens is 3. The number of nitriles is 1. The molecule has 0 aliphatic heterocycles. The molecule has 3 aromatic carbocycles. The van der Waals surface area contributed by atoms with Gasteiger partial charge in [-0.3, -0.25) is 4.79 Å². The van der Waals surface area contributed by atoms with E-state index < -0.39 is 5.91 Å². The van der Waals surface area contributed by atoms with Crippen LogP contribution in [0.3, 0.4) is 0 Å². The van der Waals surface area contributed by atoms with Crippen LogP contribution in [0.5, 0.6) is 11.5 Å². The second-order valence-electron chi connectivity index (χ2n) is 8.32. The average Bonchev–Trinajstić information content (AvgIpc) is 3.31. The summed E-state index contributed by atoms with van der Waals surface area (Å²) in [6.07, 6.45) is 4.13. The fraction of sp³-hybridized carbons (Fsp3) is 0.172. The summed E-state index contributed by atoms with van der Waals surface area (Å²) in [5.41, 5.74) is 3.60. The van der Waals surface area contributed by atoms with Gasteiger partial charge in [-0.1, -0.05) is 47.5 Å². The monoisotopic (exact) mass is 659 g/mol. The third-order valence-corrected chi connectivity index (χ3v) is 7.14. The number of hydrogen-bond donors (Lipinski definition) is 2. The van der Waals surface area contributed by atoms with Gasteiger partial charge in [-0.25, -0.2) is 0 Å². The second kappa shape index (κ2) is 13.1. The molecule has 0 aliphatic rings. The zero-order valence-corrected chi connectivity index (χ0v) is 24.2. The van der Waals surface area contributed by atoms with E-state index in [9.17, 15) is 10.1 Å². The number of benzene rings is 3. The highest BCUT2D eigenvalue weighted by Crippen LogP contribution is 2.36. The molecule has 0 unspecified atom stereocenters. The van der Waals surface area contributed by atoms with Crippen molar-refractivity contribution in [3.63, 3.8) is 0 Å². The lowest BCUT2D eigenvalue weighted by atomic mass is 10.1. The van der Waals surface area contributed by atoms with Gasteiger partial charge in [-0.05, 0) is 83.5 Å². The van der Waals surface area contributed by atoms with Crippen molar-refractivity contribution in [3.8, 4) is 17.6 Å². The van der Waals surface area contributed by atoms with Crippen molar-refractivity contribution in [1.29, 1.82) is 5.26 Å². The van der Waals surface area contributed by atoms with E-state index in [0.717, 1.165) is 25.6 Å². The molecule has 0 fully saturated rings. The number of H-pyrrole nitrogens is 1. The van der Waals surface area contributed by atoms with E-state index in [-0.39, 0.29) is 12.2 Å². The van der Waals surface area contributed by atoms with Crippen molar-refractivity contribution in [2.45, 2.75) is 20.0 Å². The first-order chi connectivity index (χ1) is 18.4. The maximum Gasteiger partial charge on any atom is 0.261 e. The molecule has 38 heavy (non-hydrogen) atoms. The number of amides is 1. The number of rotatable bonds is 10. The van der Waals surface area contributed by atoms with Crippen LogP contribution in [0.4, 0.5) is 0 Å². The van der Waals surface area contributed by atoms with Crippen LogP contribution < -0.4 is 14.8 Å². The molecule has 0 radical (unpaired) electrons. The smallest absolute Gasteiger partial charge is 0.261 e. The number of para-hydroxylation sites is 1. The number of nitrogens with zero attached hydrogens (tertiary/aromatic N) is 1. The second-order valence-corrected chi connectivity index (χ2v) is 10.3. The molecule has 0 bridgehead atoms. The summed E-state index contributed by atoms with van der Waals surface area (Å²) in [6, 6.07) is 18.8. The molecule has 1 heterocycles. The van der Waals surface area contributed by atoms with Gasteiger partial charge in [0.05, 0.1) is 10.2 Å². The summed E-state index contributed by atoms with van der Waals surface area (Å²) in [7, 11) is 0. The Balaban J connectivity index is 1.47. The van der Waals surface area contributed by atoms with Crippen LogP contribution in [0.15, 0.2) is 66.4 Å². The molecule has 6 nitrogen and oxygen atoms in total. The van der Waals surface area contributed by atoms with Crippen molar-refractivity contribution in [2.24, 2.45) is 0 Å². The van der Waals surface area contributed by atoms with Crippen LogP contribution in [0.1, 0.15) is 23.6 Å². The summed E-state index contributed by atoms with van der Waals surface area (Å²) < 4.78 is 12.6. The molecule has 0 atom stereocenters. The molecule has 1 amide bonds. The first-order valence-electron chi connectivity index (χ1n) is 11.9. The molecule has 0 saturated carbocycles. The van der Waals surface area contributed by atoms with E-state index in [0.29, 0.717) is 46.7 Å². The maximum absolute atomic E-state index is 12.8.